The zero-order chi connectivity index (χ0) is 36.6. The first-order chi connectivity index (χ1) is 27.3. The summed E-state index contributed by atoms with van der Waals surface area (Å²) in [7, 11) is 0. The topological polar surface area (TPSA) is 3.24 Å². The SMILES string of the molecule is C1=CCCC(c2ccc(-c3cccc4ccccc34)cc2N(c2ccc(-c3ccccc3)cc2)c2ccc(-c3ccc4c(ccc5ccccc54)c3)cc2)=C1. The molecule has 0 spiro atoms. The van der Waals surface area contributed by atoms with Gasteiger partial charge in [-0.1, -0.05) is 176 Å². The van der Waals surface area contributed by atoms with E-state index in [2.05, 4.69) is 217 Å². The van der Waals surface area contributed by atoms with Crippen molar-refractivity contribution < 1.29 is 0 Å². The molecule has 0 bridgehead atoms. The third-order valence-electron chi connectivity index (χ3n) is 11.1. The Labute approximate surface area is 322 Å². The van der Waals surface area contributed by atoms with E-state index in [1.165, 1.54) is 82.5 Å². The van der Waals surface area contributed by atoms with E-state index in [-0.39, 0.29) is 0 Å². The zero-order valence-electron chi connectivity index (χ0n) is 30.6. The molecule has 0 amide bonds. The molecule has 0 aliphatic heterocycles. The van der Waals surface area contributed by atoms with Crippen LogP contribution in [0.5, 0.6) is 0 Å². The molecule has 0 radical (unpaired) electrons. The smallest absolute Gasteiger partial charge is 0.0542 e. The van der Waals surface area contributed by atoms with Crippen molar-refractivity contribution in [3.8, 4) is 33.4 Å². The van der Waals surface area contributed by atoms with E-state index in [4.69, 9.17) is 0 Å². The van der Waals surface area contributed by atoms with Crippen molar-refractivity contribution in [3.05, 3.63) is 218 Å². The van der Waals surface area contributed by atoms with Crippen LogP contribution in [0.3, 0.4) is 0 Å². The maximum absolute atomic E-state index is 2.45. The van der Waals surface area contributed by atoms with Gasteiger partial charge in [-0.05, 0) is 121 Å². The van der Waals surface area contributed by atoms with Crippen molar-refractivity contribution in [2.75, 3.05) is 4.90 Å². The van der Waals surface area contributed by atoms with Crippen LogP contribution in [0.4, 0.5) is 17.1 Å². The summed E-state index contributed by atoms with van der Waals surface area (Å²) < 4.78 is 0. The van der Waals surface area contributed by atoms with Gasteiger partial charge < -0.3 is 4.90 Å². The van der Waals surface area contributed by atoms with E-state index in [1.807, 2.05) is 0 Å². The average Bonchev–Trinajstić information content (AvgIpc) is 3.27. The van der Waals surface area contributed by atoms with E-state index in [0.717, 1.165) is 24.2 Å². The standard InChI is InChI=1S/C54H39N/c1-3-12-38(13-4-1)39-24-30-47(31-25-39)55(48-32-26-40(27-33-48)44-28-34-52-45(36-44)23-22-43-17-8-10-20-50(43)52)54-37-46(29-35-53(54)42-14-5-2-6-15-42)51-21-11-18-41-16-7-9-19-49(41)51/h1-5,7-14,16-37H,6,15H2. The van der Waals surface area contributed by atoms with E-state index in [0.29, 0.717) is 0 Å². The van der Waals surface area contributed by atoms with Gasteiger partial charge in [-0.3, -0.25) is 0 Å². The third-order valence-corrected chi connectivity index (χ3v) is 11.1. The Bertz CT molecular complexity index is 2890. The number of fused-ring (bicyclic) bond motifs is 4. The van der Waals surface area contributed by atoms with Gasteiger partial charge in [-0.15, -0.1) is 0 Å². The van der Waals surface area contributed by atoms with Gasteiger partial charge in [0.2, 0.25) is 0 Å². The second-order valence-corrected chi connectivity index (χ2v) is 14.4. The van der Waals surface area contributed by atoms with Crippen molar-refractivity contribution in [1.29, 1.82) is 0 Å². The molecule has 10 rings (SSSR count). The fourth-order valence-electron chi connectivity index (χ4n) is 8.32. The Morgan fingerprint density at radius 2 is 0.945 bits per heavy atom. The minimum Gasteiger partial charge on any atom is -0.310 e. The molecule has 9 aromatic rings. The molecule has 1 aliphatic rings. The number of nitrogens with zero attached hydrogens (tertiary/aromatic N) is 1. The number of benzene rings is 9. The van der Waals surface area contributed by atoms with Crippen LogP contribution in [0.1, 0.15) is 18.4 Å². The molecule has 1 heteroatoms. The van der Waals surface area contributed by atoms with Crippen molar-refractivity contribution in [3.63, 3.8) is 0 Å². The lowest BCUT2D eigenvalue weighted by Gasteiger charge is -2.30. The molecule has 1 nitrogen and oxygen atoms in total. The second-order valence-electron chi connectivity index (χ2n) is 14.4. The summed E-state index contributed by atoms with van der Waals surface area (Å²) in [6.07, 6.45) is 8.82. The molecule has 9 aromatic carbocycles. The normalized spacial score (nSPS) is 12.6. The van der Waals surface area contributed by atoms with Gasteiger partial charge in [0.25, 0.3) is 0 Å². The van der Waals surface area contributed by atoms with Crippen molar-refractivity contribution in [2.24, 2.45) is 0 Å². The zero-order valence-corrected chi connectivity index (χ0v) is 30.6. The Hall–Kier alpha value is -6.96. The molecule has 260 valence electrons. The Morgan fingerprint density at radius 1 is 0.364 bits per heavy atom. The summed E-state index contributed by atoms with van der Waals surface area (Å²) in [5.74, 6) is 0. The molecular formula is C54H39N. The average molecular weight is 702 g/mol. The minimum atomic E-state index is 1.01. The summed E-state index contributed by atoms with van der Waals surface area (Å²) in [6, 6.07) is 71.2. The van der Waals surface area contributed by atoms with Gasteiger partial charge in [-0.2, -0.15) is 0 Å². The van der Waals surface area contributed by atoms with Gasteiger partial charge in [0, 0.05) is 16.9 Å². The van der Waals surface area contributed by atoms with E-state index < -0.39 is 0 Å². The van der Waals surface area contributed by atoms with Crippen LogP contribution >= 0.6 is 0 Å². The Morgan fingerprint density at radius 3 is 1.69 bits per heavy atom. The molecule has 0 saturated heterocycles. The number of allylic oxidation sites excluding steroid dienone is 4. The minimum absolute atomic E-state index is 1.01. The maximum atomic E-state index is 2.45. The number of hydrogen-bond acceptors (Lipinski definition) is 1. The summed E-state index contributed by atoms with van der Waals surface area (Å²) in [5.41, 5.74) is 13.3. The van der Waals surface area contributed by atoms with E-state index in [9.17, 15) is 0 Å². The highest BCUT2D eigenvalue weighted by atomic mass is 15.1. The van der Waals surface area contributed by atoms with Gasteiger partial charge in [0.05, 0.1) is 5.69 Å². The molecule has 0 fully saturated rings. The molecule has 0 N–H and O–H groups in total. The van der Waals surface area contributed by atoms with Gasteiger partial charge >= 0.3 is 0 Å². The molecule has 0 heterocycles. The fourth-order valence-corrected chi connectivity index (χ4v) is 8.32. The van der Waals surface area contributed by atoms with Gasteiger partial charge in [0.1, 0.15) is 0 Å². The van der Waals surface area contributed by atoms with Crippen LogP contribution in [0.25, 0.3) is 71.3 Å². The summed E-state index contributed by atoms with van der Waals surface area (Å²) >= 11 is 0. The first-order valence-electron chi connectivity index (χ1n) is 19.2. The van der Waals surface area contributed by atoms with E-state index >= 15 is 0 Å². The predicted molar refractivity (Wildman–Crippen MR) is 236 cm³/mol. The molecule has 0 saturated carbocycles. The molecule has 1 aliphatic carbocycles. The quantitative estimate of drug-likeness (QED) is 0.150. The first-order valence-corrected chi connectivity index (χ1v) is 19.2. The number of hydrogen-bond donors (Lipinski definition) is 0. The molecule has 0 unspecified atom stereocenters. The van der Waals surface area contributed by atoms with Crippen molar-refractivity contribution in [2.45, 2.75) is 12.8 Å². The van der Waals surface area contributed by atoms with Crippen LogP contribution in [-0.4, -0.2) is 0 Å². The molecule has 0 aromatic heterocycles. The second kappa shape index (κ2) is 14.1. The Balaban J connectivity index is 1.13. The lowest BCUT2D eigenvalue weighted by atomic mass is 9.91. The van der Waals surface area contributed by atoms with Crippen LogP contribution in [0.2, 0.25) is 0 Å². The largest absolute Gasteiger partial charge is 0.310 e. The first kappa shape index (κ1) is 32.7. The maximum Gasteiger partial charge on any atom is 0.0542 e. The summed E-state index contributed by atoms with van der Waals surface area (Å²) in [4.78, 5) is 2.45. The van der Waals surface area contributed by atoms with Crippen LogP contribution in [0.15, 0.2) is 212 Å². The van der Waals surface area contributed by atoms with E-state index in [1.54, 1.807) is 0 Å². The van der Waals surface area contributed by atoms with Crippen molar-refractivity contribution in [1.82, 2.24) is 0 Å². The van der Waals surface area contributed by atoms with Crippen LogP contribution < -0.4 is 4.90 Å². The number of rotatable bonds is 7. The molecule has 55 heavy (non-hydrogen) atoms. The third kappa shape index (κ3) is 6.20. The highest BCUT2D eigenvalue weighted by Gasteiger charge is 2.21. The highest BCUT2D eigenvalue weighted by Crippen LogP contribution is 2.44. The monoisotopic (exact) mass is 701 g/mol. The van der Waals surface area contributed by atoms with Crippen LogP contribution in [0, 0.1) is 0 Å². The fraction of sp³-hybridized carbons (Fsp3) is 0.0370. The Kier molecular flexibility index (Phi) is 8.39. The van der Waals surface area contributed by atoms with Crippen molar-refractivity contribution >= 4 is 55.0 Å². The summed E-state index contributed by atoms with van der Waals surface area (Å²) in [6.45, 7) is 0. The highest BCUT2D eigenvalue weighted by molar-refractivity contribution is 6.08. The lowest BCUT2D eigenvalue weighted by Crippen LogP contribution is -2.12. The van der Waals surface area contributed by atoms with Gasteiger partial charge in [-0.25, -0.2) is 0 Å². The molecule has 0 atom stereocenters. The molecular weight excluding hydrogens is 663 g/mol. The predicted octanol–water partition coefficient (Wildman–Crippen LogP) is 15.4. The lowest BCUT2D eigenvalue weighted by molar-refractivity contribution is 1.05. The summed E-state index contributed by atoms with van der Waals surface area (Å²) in [5, 5.41) is 7.61. The van der Waals surface area contributed by atoms with Crippen LogP contribution in [-0.2, 0) is 0 Å². The van der Waals surface area contributed by atoms with Gasteiger partial charge in [0.15, 0.2) is 0 Å². The number of anilines is 3.